The zero-order chi connectivity index (χ0) is 12.7. The van der Waals surface area contributed by atoms with Gasteiger partial charge < -0.3 is 11.1 Å². The van der Waals surface area contributed by atoms with Gasteiger partial charge in [-0.25, -0.2) is 0 Å². The highest BCUT2D eigenvalue weighted by molar-refractivity contribution is 5.65. The van der Waals surface area contributed by atoms with Gasteiger partial charge in [0.1, 0.15) is 5.82 Å². The number of anilines is 2. The zero-order valence-corrected chi connectivity index (χ0v) is 11.3. The van der Waals surface area contributed by atoms with Gasteiger partial charge in [0, 0.05) is 25.7 Å². The second kappa shape index (κ2) is 4.46. The minimum atomic E-state index is 0.537. The van der Waals surface area contributed by atoms with E-state index in [-0.39, 0.29) is 0 Å². The Hall–Kier alpha value is -1.23. The number of hydrogen-bond donors (Lipinski definition) is 2. The third kappa shape index (κ3) is 1.77. The van der Waals surface area contributed by atoms with Crippen molar-refractivity contribution in [3.63, 3.8) is 0 Å². The number of fused-ring (bicyclic) bond motifs is 1. The van der Waals surface area contributed by atoms with Crippen molar-refractivity contribution in [1.82, 2.24) is 14.7 Å². The van der Waals surface area contributed by atoms with E-state index in [1.165, 1.54) is 32.4 Å². The van der Waals surface area contributed by atoms with Gasteiger partial charge in [0.25, 0.3) is 0 Å². The molecule has 0 saturated carbocycles. The van der Waals surface area contributed by atoms with Crippen LogP contribution in [0.25, 0.3) is 0 Å². The SMILES string of the molecule is CCc1nn(C)c(NC2CCN3CCCC23)c1N. The van der Waals surface area contributed by atoms with Crippen molar-refractivity contribution in [2.24, 2.45) is 7.05 Å². The molecule has 3 N–H and O–H groups in total. The van der Waals surface area contributed by atoms with Crippen molar-refractivity contribution in [3.05, 3.63) is 5.69 Å². The summed E-state index contributed by atoms with van der Waals surface area (Å²) in [6.45, 7) is 4.58. The second-order valence-corrected chi connectivity index (χ2v) is 5.47. The summed E-state index contributed by atoms with van der Waals surface area (Å²) in [6.07, 6.45) is 4.76. The number of nitrogens with zero attached hydrogens (tertiary/aromatic N) is 3. The van der Waals surface area contributed by atoms with Crippen LogP contribution in [0, 0.1) is 0 Å². The predicted octanol–water partition coefficient (Wildman–Crippen LogP) is 1.21. The monoisotopic (exact) mass is 249 g/mol. The highest BCUT2D eigenvalue weighted by atomic mass is 15.3. The molecular weight excluding hydrogens is 226 g/mol. The standard InChI is InChI=1S/C13H23N5/c1-3-9-12(14)13(17(2)16-9)15-10-6-8-18-7-4-5-11(10)18/h10-11,15H,3-8,14H2,1-2H3. The fraction of sp³-hybridized carbons (Fsp3) is 0.769. The molecule has 0 aliphatic carbocycles. The smallest absolute Gasteiger partial charge is 0.148 e. The summed E-state index contributed by atoms with van der Waals surface area (Å²) in [6, 6.07) is 1.24. The molecule has 0 radical (unpaired) electrons. The van der Waals surface area contributed by atoms with Gasteiger partial charge in [-0.1, -0.05) is 6.92 Å². The molecule has 2 fully saturated rings. The number of nitrogens with one attached hydrogen (secondary N) is 1. The highest BCUT2D eigenvalue weighted by Crippen LogP contribution is 2.32. The van der Waals surface area contributed by atoms with Crippen molar-refractivity contribution < 1.29 is 0 Å². The molecule has 1 aromatic rings. The molecule has 3 heterocycles. The van der Waals surface area contributed by atoms with Crippen LogP contribution < -0.4 is 11.1 Å². The van der Waals surface area contributed by atoms with Gasteiger partial charge >= 0.3 is 0 Å². The van der Waals surface area contributed by atoms with E-state index in [2.05, 4.69) is 22.2 Å². The largest absolute Gasteiger partial charge is 0.394 e. The van der Waals surface area contributed by atoms with Gasteiger partial charge in [0.15, 0.2) is 0 Å². The number of aryl methyl sites for hydroxylation is 2. The van der Waals surface area contributed by atoms with Gasteiger partial charge in [-0.2, -0.15) is 5.10 Å². The quantitative estimate of drug-likeness (QED) is 0.845. The minimum absolute atomic E-state index is 0.537. The van der Waals surface area contributed by atoms with Crippen molar-refractivity contribution >= 4 is 11.5 Å². The van der Waals surface area contributed by atoms with Crippen LogP contribution in [0.4, 0.5) is 11.5 Å². The number of rotatable bonds is 3. The van der Waals surface area contributed by atoms with Crippen LogP contribution in [0.15, 0.2) is 0 Å². The van der Waals surface area contributed by atoms with Crippen LogP contribution in [0.5, 0.6) is 0 Å². The van der Waals surface area contributed by atoms with Crippen LogP contribution in [0.3, 0.4) is 0 Å². The molecule has 5 nitrogen and oxygen atoms in total. The summed E-state index contributed by atoms with van der Waals surface area (Å²) in [5.41, 5.74) is 8.00. The normalized spacial score (nSPS) is 27.7. The molecule has 0 amide bonds. The molecule has 2 unspecified atom stereocenters. The fourth-order valence-electron chi connectivity index (χ4n) is 3.45. The lowest BCUT2D eigenvalue weighted by atomic mass is 10.1. The van der Waals surface area contributed by atoms with Crippen LogP contribution in [0.1, 0.15) is 31.9 Å². The Morgan fingerprint density at radius 1 is 1.39 bits per heavy atom. The van der Waals surface area contributed by atoms with Crippen molar-refractivity contribution in [2.75, 3.05) is 24.1 Å². The van der Waals surface area contributed by atoms with Gasteiger partial charge in [0.2, 0.25) is 0 Å². The van der Waals surface area contributed by atoms with E-state index in [4.69, 9.17) is 5.73 Å². The Morgan fingerprint density at radius 3 is 2.94 bits per heavy atom. The van der Waals surface area contributed by atoms with Crippen LogP contribution >= 0.6 is 0 Å². The summed E-state index contributed by atoms with van der Waals surface area (Å²) < 4.78 is 1.89. The number of nitrogens with two attached hydrogens (primary N) is 1. The van der Waals surface area contributed by atoms with E-state index >= 15 is 0 Å². The maximum atomic E-state index is 6.17. The minimum Gasteiger partial charge on any atom is -0.394 e. The Bertz CT molecular complexity index is 439. The average molecular weight is 249 g/mol. The topological polar surface area (TPSA) is 59.1 Å². The molecule has 2 aliphatic rings. The van der Waals surface area contributed by atoms with Crippen LogP contribution in [-0.2, 0) is 13.5 Å². The maximum absolute atomic E-state index is 6.17. The lowest BCUT2D eigenvalue weighted by Gasteiger charge is -2.22. The molecule has 5 heteroatoms. The summed E-state index contributed by atoms with van der Waals surface area (Å²) in [7, 11) is 1.97. The van der Waals surface area contributed by atoms with E-state index < -0.39 is 0 Å². The first kappa shape index (κ1) is 11.8. The molecule has 2 aliphatic heterocycles. The van der Waals surface area contributed by atoms with E-state index in [1.807, 2.05) is 11.7 Å². The van der Waals surface area contributed by atoms with E-state index in [0.29, 0.717) is 12.1 Å². The van der Waals surface area contributed by atoms with Gasteiger partial charge in [0.05, 0.1) is 11.4 Å². The van der Waals surface area contributed by atoms with E-state index in [1.54, 1.807) is 0 Å². The van der Waals surface area contributed by atoms with Gasteiger partial charge in [-0.15, -0.1) is 0 Å². The summed E-state index contributed by atoms with van der Waals surface area (Å²) in [4.78, 5) is 2.60. The molecule has 0 aromatic carbocycles. The third-order valence-corrected chi connectivity index (χ3v) is 4.42. The maximum Gasteiger partial charge on any atom is 0.148 e. The summed E-state index contributed by atoms with van der Waals surface area (Å²) in [5, 5.41) is 8.11. The molecular formula is C13H23N5. The number of hydrogen-bond acceptors (Lipinski definition) is 4. The molecule has 18 heavy (non-hydrogen) atoms. The van der Waals surface area contributed by atoms with Gasteiger partial charge in [-0.3, -0.25) is 9.58 Å². The van der Waals surface area contributed by atoms with Crippen molar-refractivity contribution in [1.29, 1.82) is 0 Å². The van der Waals surface area contributed by atoms with Gasteiger partial charge in [-0.05, 0) is 32.2 Å². The fourth-order valence-corrected chi connectivity index (χ4v) is 3.45. The van der Waals surface area contributed by atoms with E-state index in [0.717, 1.165) is 23.6 Å². The first-order chi connectivity index (χ1) is 8.70. The molecule has 2 saturated heterocycles. The molecule has 0 spiro atoms. The lowest BCUT2D eigenvalue weighted by Crippen LogP contribution is -2.34. The third-order valence-electron chi connectivity index (χ3n) is 4.42. The zero-order valence-electron chi connectivity index (χ0n) is 11.3. The van der Waals surface area contributed by atoms with E-state index in [9.17, 15) is 0 Å². The number of aromatic nitrogens is 2. The molecule has 0 bridgehead atoms. The molecule has 100 valence electrons. The Morgan fingerprint density at radius 2 is 2.22 bits per heavy atom. The van der Waals surface area contributed by atoms with Crippen LogP contribution in [0.2, 0.25) is 0 Å². The van der Waals surface area contributed by atoms with Crippen LogP contribution in [-0.4, -0.2) is 39.9 Å². The van der Waals surface area contributed by atoms with Crippen molar-refractivity contribution in [2.45, 2.75) is 44.7 Å². The molecule has 2 atom stereocenters. The Labute approximate surface area is 108 Å². The average Bonchev–Trinajstić information content (AvgIpc) is 3.00. The molecule has 3 rings (SSSR count). The highest BCUT2D eigenvalue weighted by Gasteiger charge is 2.37. The Balaban J connectivity index is 1.78. The van der Waals surface area contributed by atoms with Crippen molar-refractivity contribution in [3.8, 4) is 0 Å². The molecule has 1 aromatic heterocycles. The second-order valence-electron chi connectivity index (χ2n) is 5.47. The Kier molecular flexibility index (Phi) is 2.93. The first-order valence-corrected chi connectivity index (χ1v) is 7.02. The number of nitrogen functional groups attached to an aromatic ring is 1. The predicted molar refractivity (Wildman–Crippen MR) is 73.6 cm³/mol. The summed E-state index contributed by atoms with van der Waals surface area (Å²) >= 11 is 0. The summed E-state index contributed by atoms with van der Waals surface area (Å²) in [5.74, 6) is 1.01. The first-order valence-electron chi connectivity index (χ1n) is 7.02. The lowest BCUT2D eigenvalue weighted by molar-refractivity contribution is 0.318.